The van der Waals surface area contributed by atoms with Gasteiger partial charge in [-0.1, -0.05) is 60.1 Å². The zero-order valence-corrected chi connectivity index (χ0v) is 14.7. The number of hydrogen-bond acceptors (Lipinski definition) is 4. The van der Waals surface area contributed by atoms with Gasteiger partial charge in [0.25, 0.3) is 0 Å². The van der Waals surface area contributed by atoms with Crippen molar-refractivity contribution in [3.8, 4) is 0 Å². The molecule has 0 aliphatic heterocycles. The number of rotatable bonds is 6. The summed E-state index contributed by atoms with van der Waals surface area (Å²) in [4.78, 5) is 8.67. The fraction of sp³-hybridized carbons (Fsp3) is 0.111. The summed E-state index contributed by atoms with van der Waals surface area (Å²) in [6, 6.07) is 20.3. The smallest absolute Gasteiger partial charge is 0.117 e. The Morgan fingerprint density at radius 1 is 0.783 bits per heavy atom. The molecule has 0 spiro atoms. The van der Waals surface area contributed by atoms with Crippen LogP contribution in [-0.2, 0) is 11.5 Å². The number of aromatic nitrogens is 2. The topological polar surface area (TPSA) is 25.8 Å². The largest absolute Gasteiger partial charge is 0.230 e. The van der Waals surface area contributed by atoms with Gasteiger partial charge in [-0.25, -0.2) is 9.97 Å². The van der Waals surface area contributed by atoms with Crippen LogP contribution in [0.5, 0.6) is 0 Å². The summed E-state index contributed by atoms with van der Waals surface area (Å²) in [6.45, 7) is 0. The maximum absolute atomic E-state index is 6.19. The highest BCUT2D eigenvalue weighted by Gasteiger charge is 2.04. The van der Waals surface area contributed by atoms with Gasteiger partial charge in [0.2, 0.25) is 0 Å². The number of thioether (sulfide) groups is 2. The number of nitrogens with zero attached hydrogens (tertiary/aromatic N) is 2. The first-order chi connectivity index (χ1) is 11.3. The molecule has 0 atom stereocenters. The third-order valence-electron chi connectivity index (χ3n) is 3.18. The van der Waals surface area contributed by atoms with Crippen molar-refractivity contribution in [1.29, 1.82) is 0 Å². The van der Waals surface area contributed by atoms with E-state index < -0.39 is 0 Å². The second kappa shape index (κ2) is 8.39. The molecule has 3 aromatic rings. The van der Waals surface area contributed by atoms with Crippen molar-refractivity contribution < 1.29 is 0 Å². The standard InChI is InChI=1S/C18H15ClN2S2/c19-16-9-5-4-8-15(16)12-23-18-10-17(20-13-21-18)22-11-14-6-2-1-3-7-14/h1-10,13H,11-12H2. The lowest BCUT2D eigenvalue weighted by Crippen LogP contribution is -1.88. The van der Waals surface area contributed by atoms with E-state index in [4.69, 9.17) is 11.6 Å². The Morgan fingerprint density at radius 2 is 1.43 bits per heavy atom. The molecule has 0 fully saturated rings. The van der Waals surface area contributed by atoms with Crippen molar-refractivity contribution in [3.63, 3.8) is 0 Å². The maximum atomic E-state index is 6.19. The van der Waals surface area contributed by atoms with E-state index in [1.807, 2.05) is 36.4 Å². The second-order valence-electron chi connectivity index (χ2n) is 4.85. The highest BCUT2D eigenvalue weighted by Crippen LogP contribution is 2.28. The molecule has 0 aliphatic rings. The lowest BCUT2D eigenvalue weighted by atomic mass is 10.2. The molecule has 2 aromatic carbocycles. The monoisotopic (exact) mass is 358 g/mol. The van der Waals surface area contributed by atoms with E-state index in [2.05, 4.69) is 34.2 Å². The maximum Gasteiger partial charge on any atom is 0.117 e. The van der Waals surface area contributed by atoms with Crippen LogP contribution in [0.25, 0.3) is 0 Å². The van der Waals surface area contributed by atoms with Crippen LogP contribution in [0.1, 0.15) is 11.1 Å². The molecule has 0 saturated carbocycles. The quantitative estimate of drug-likeness (QED) is 0.416. The van der Waals surface area contributed by atoms with Crippen LogP contribution >= 0.6 is 35.1 Å². The van der Waals surface area contributed by atoms with Gasteiger partial charge in [0.1, 0.15) is 16.4 Å². The third-order valence-corrected chi connectivity index (χ3v) is 5.52. The summed E-state index contributed by atoms with van der Waals surface area (Å²) in [5.74, 6) is 1.71. The highest BCUT2D eigenvalue weighted by atomic mass is 35.5. The van der Waals surface area contributed by atoms with Crippen molar-refractivity contribution in [1.82, 2.24) is 9.97 Å². The minimum atomic E-state index is 0.799. The molecule has 0 aliphatic carbocycles. The summed E-state index contributed by atoms with van der Waals surface area (Å²) in [5.41, 5.74) is 2.41. The minimum Gasteiger partial charge on any atom is -0.230 e. The van der Waals surface area contributed by atoms with Gasteiger partial charge in [-0.2, -0.15) is 0 Å². The van der Waals surface area contributed by atoms with Gasteiger partial charge in [0.05, 0.1) is 0 Å². The van der Waals surface area contributed by atoms with Gasteiger partial charge in [-0.05, 0) is 17.2 Å². The molecule has 0 N–H and O–H groups in total. The van der Waals surface area contributed by atoms with E-state index in [0.29, 0.717) is 0 Å². The average molecular weight is 359 g/mol. The fourth-order valence-electron chi connectivity index (χ4n) is 1.98. The first kappa shape index (κ1) is 16.4. The number of hydrogen-bond donors (Lipinski definition) is 0. The first-order valence-electron chi connectivity index (χ1n) is 7.16. The van der Waals surface area contributed by atoms with Gasteiger partial charge >= 0.3 is 0 Å². The predicted molar refractivity (Wildman–Crippen MR) is 99.0 cm³/mol. The first-order valence-corrected chi connectivity index (χ1v) is 9.51. The Labute approximate surface area is 149 Å². The van der Waals surface area contributed by atoms with E-state index in [1.54, 1.807) is 29.9 Å². The Hall–Kier alpha value is -1.49. The van der Waals surface area contributed by atoms with Gasteiger partial charge < -0.3 is 0 Å². The van der Waals surface area contributed by atoms with E-state index in [9.17, 15) is 0 Å². The van der Waals surface area contributed by atoms with Gasteiger partial charge in [0, 0.05) is 22.6 Å². The second-order valence-corrected chi connectivity index (χ2v) is 7.25. The van der Waals surface area contributed by atoms with E-state index in [-0.39, 0.29) is 0 Å². The van der Waals surface area contributed by atoms with Crippen molar-refractivity contribution >= 4 is 35.1 Å². The molecule has 5 heteroatoms. The average Bonchev–Trinajstić information content (AvgIpc) is 2.61. The van der Waals surface area contributed by atoms with Crippen molar-refractivity contribution in [2.24, 2.45) is 0 Å². The van der Waals surface area contributed by atoms with Crippen LogP contribution in [-0.4, -0.2) is 9.97 Å². The molecular weight excluding hydrogens is 344 g/mol. The van der Waals surface area contributed by atoms with Crippen LogP contribution in [0.15, 0.2) is 77.0 Å². The molecular formula is C18H15ClN2S2. The molecule has 116 valence electrons. The Bertz CT molecular complexity index is 766. The molecule has 3 rings (SSSR count). The summed E-state index contributed by atoms with van der Waals surface area (Å²) in [7, 11) is 0. The molecule has 0 amide bonds. The lowest BCUT2D eigenvalue weighted by Gasteiger charge is -2.05. The fourth-order valence-corrected chi connectivity index (χ4v) is 4.03. The zero-order valence-electron chi connectivity index (χ0n) is 12.4. The van der Waals surface area contributed by atoms with E-state index in [0.717, 1.165) is 32.1 Å². The molecule has 0 radical (unpaired) electrons. The molecule has 0 bridgehead atoms. The van der Waals surface area contributed by atoms with Crippen LogP contribution in [0.3, 0.4) is 0 Å². The summed E-state index contributed by atoms with van der Waals surface area (Å²) < 4.78 is 0. The van der Waals surface area contributed by atoms with E-state index in [1.165, 1.54) is 5.56 Å². The van der Waals surface area contributed by atoms with Gasteiger partial charge in [0.15, 0.2) is 0 Å². The third kappa shape index (κ3) is 4.99. The Kier molecular flexibility index (Phi) is 5.97. The predicted octanol–water partition coefficient (Wildman–Crippen LogP) is 5.71. The highest BCUT2D eigenvalue weighted by molar-refractivity contribution is 7.99. The van der Waals surface area contributed by atoms with Gasteiger partial charge in [-0.3, -0.25) is 0 Å². The molecule has 1 heterocycles. The molecule has 0 saturated heterocycles. The van der Waals surface area contributed by atoms with Crippen LogP contribution in [0.2, 0.25) is 5.02 Å². The van der Waals surface area contributed by atoms with E-state index >= 15 is 0 Å². The normalized spacial score (nSPS) is 10.7. The molecule has 0 unspecified atom stereocenters. The number of benzene rings is 2. The molecule has 2 nitrogen and oxygen atoms in total. The SMILES string of the molecule is Clc1ccccc1CSc1cc(SCc2ccccc2)ncn1. The minimum absolute atomic E-state index is 0.799. The molecule has 23 heavy (non-hydrogen) atoms. The van der Waals surface area contributed by atoms with Gasteiger partial charge in [-0.15, -0.1) is 23.5 Å². The Morgan fingerprint density at radius 3 is 2.17 bits per heavy atom. The summed E-state index contributed by atoms with van der Waals surface area (Å²) >= 11 is 9.59. The zero-order chi connectivity index (χ0) is 15.9. The van der Waals surface area contributed by atoms with Crippen molar-refractivity contribution in [2.45, 2.75) is 21.6 Å². The summed E-state index contributed by atoms with van der Waals surface area (Å²) in [5, 5.41) is 2.76. The van der Waals surface area contributed by atoms with Crippen molar-refractivity contribution in [3.05, 3.63) is 83.1 Å². The molecule has 1 aromatic heterocycles. The summed E-state index contributed by atoms with van der Waals surface area (Å²) in [6.07, 6.45) is 1.63. The van der Waals surface area contributed by atoms with Crippen LogP contribution in [0.4, 0.5) is 0 Å². The van der Waals surface area contributed by atoms with Crippen LogP contribution < -0.4 is 0 Å². The van der Waals surface area contributed by atoms with Crippen molar-refractivity contribution in [2.75, 3.05) is 0 Å². The Balaban J connectivity index is 1.60. The number of halogens is 1. The lowest BCUT2D eigenvalue weighted by molar-refractivity contribution is 0.962. The van der Waals surface area contributed by atoms with Crippen LogP contribution in [0, 0.1) is 0 Å².